The molecule has 0 unspecified atom stereocenters. The largest absolute Gasteiger partial charge is 0.307 e. The number of benzene rings is 2. The van der Waals surface area contributed by atoms with Crippen molar-refractivity contribution in [1.82, 2.24) is 14.1 Å². The van der Waals surface area contributed by atoms with Crippen molar-refractivity contribution in [2.45, 2.75) is 37.6 Å². The molecule has 1 aliphatic heterocycles. The van der Waals surface area contributed by atoms with Crippen molar-refractivity contribution >= 4 is 21.7 Å². The number of carbonyl (C=O) groups excluding carboxylic acids is 1. The zero-order valence-electron chi connectivity index (χ0n) is 18.1. The lowest BCUT2D eigenvalue weighted by molar-refractivity contribution is 0.102. The van der Waals surface area contributed by atoms with Crippen LogP contribution in [-0.4, -0.2) is 41.5 Å². The Morgan fingerprint density at radius 1 is 1.09 bits per heavy atom. The number of amides is 1. The Kier molecular flexibility index (Phi) is 6.57. The predicted molar refractivity (Wildman–Crippen MR) is 119 cm³/mol. The maximum absolute atomic E-state index is 14.1. The maximum Gasteiger partial charge on any atom is 0.256 e. The molecule has 0 radical (unpaired) electrons. The second-order valence-electron chi connectivity index (χ2n) is 8.02. The number of carbonyl (C=O) groups is 1. The van der Waals surface area contributed by atoms with Gasteiger partial charge >= 0.3 is 0 Å². The molecule has 2 aromatic carbocycles. The van der Waals surface area contributed by atoms with Crippen LogP contribution >= 0.6 is 0 Å². The summed E-state index contributed by atoms with van der Waals surface area (Å²) in [5.41, 5.74) is 0.873. The van der Waals surface area contributed by atoms with E-state index in [9.17, 15) is 22.0 Å². The molecule has 2 heterocycles. The quantitative estimate of drug-likeness (QED) is 0.587. The van der Waals surface area contributed by atoms with Crippen LogP contribution in [0.15, 0.2) is 53.6 Å². The summed E-state index contributed by atoms with van der Waals surface area (Å²) in [5.74, 6) is -1.38. The van der Waals surface area contributed by atoms with E-state index in [1.165, 1.54) is 39.4 Å². The first-order valence-electron chi connectivity index (χ1n) is 10.6. The zero-order valence-corrected chi connectivity index (χ0v) is 18.9. The number of aromatic nitrogens is 2. The Labute approximate surface area is 191 Å². The van der Waals surface area contributed by atoms with Crippen LogP contribution in [0.5, 0.6) is 0 Å². The Balaban J connectivity index is 1.57. The lowest BCUT2D eigenvalue weighted by atomic mass is 10.2. The number of sulfonamides is 1. The topological polar surface area (TPSA) is 84.3 Å². The summed E-state index contributed by atoms with van der Waals surface area (Å²) in [6, 6.07) is 9.01. The molecular weight excluding hydrogens is 450 g/mol. The third-order valence-corrected chi connectivity index (χ3v) is 7.53. The van der Waals surface area contributed by atoms with Gasteiger partial charge in [-0.15, -0.1) is 0 Å². The van der Waals surface area contributed by atoms with E-state index in [2.05, 4.69) is 10.4 Å². The molecule has 1 amide bonds. The highest BCUT2D eigenvalue weighted by Crippen LogP contribution is 2.23. The molecule has 3 aromatic rings. The number of hydrogen-bond donors (Lipinski definition) is 1. The molecule has 10 heteroatoms. The first kappa shape index (κ1) is 23.1. The van der Waals surface area contributed by atoms with Crippen molar-refractivity contribution in [2.24, 2.45) is 0 Å². The highest BCUT2D eigenvalue weighted by Gasteiger charge is 2.26. The van der Waals surface area contributed by atoms with E-state index in [0.717, 1.165) is 37.5 Å². The molecule has 0 saturated carbocycles. The van der Waals surface area contributed by atoms with Gasteiger partial charge in [-0.3, -0.25) is 4.79 Å². The summed E-state index contributed by atoms with van der Waals surface area (Å²) >= 11 is 0. The molecule has 1 fully saturated rings. The molecule has 33 heavy (non-hydrogen) atoms. The van der Waals surface area contributed by atoms with Crippen LogP contribution in [0.1, 0.15) is 40.7 Å². The summed E-state index contributed by atoms with van der Waals surface area (Å²) in [6.07, 6.45) is 4.13. The molecule has 0 aliphatic carbocycles. The molecule has 1 N–H and O–H groups in total. The van der Waals surface area contributed by atoms with Gasteiger partial charge in [0, 0.05) is 29.8 Å². The number of halogens is 2. The predicted octanol–water partition coefficient (Wildman–Crippen LogP) is 3.94. The second kappa shape index (κ2) is 9.40. The van der Waals surface area contributed by atoms with Crippen molar-refractivity contribution in [3.8, 4) is 0 Å². The van der Waals surface area contributed by atoms with E-state index in [1.54, 1.807) is 6.92 Å². The molecule has 4 rings (SSSR count). The van der Waals surface area contributed by atoms with Gasteiger partial charge in [-0.25, -0.2) is 21.9 Å². The van der Waals surface area contributed by atoms with E-state index >= 15 is 0 Å². The lowest BCUT2D eigenvalue weighted by Gasteiger charge is -2.26. The Morgan fingerprint density at radius 3 is 2.61 bits per heavy atom. The number of anilines is 1. The van der Waals surface area contributed by atoms with Gasteiger partial charge in [-0.05, 0) is 56.2 Å². The average Bonchev–Trinajstić information content (AvgIpc) is 3.15. The van der Waals surface area contributed by atoms with Crippen LogP contribution in [-0.2, 0) is 16.6 Å². The number of hydrogen-bond acceptors (Lipinski definition) is 4. The van der Waals surface area contributed by atoms with Crippen molar-refractivity contribution in [3.05, 3.63) is 77.0 Å². The Morgan fingerprint density at radius 2 is 1.85 bits per heavy atom. The summed E-state index contributed by atoms with van der Waals surface area (Å²) in [6.45, 7) is 2.57. The van der Waals surface area contributed by atoms with Gasteiger partial charge in [0.15, 0.2) is 0 Å². The minimum absolute atomic E-state index is 0.0594. The fraction of sp³-hybridized carbons (Fsp3) is 0.304. The molecule has 174 valence electrons. The zero-order chi connectivity index (χ0) is 23.6. The number of piperidine rings is 1. The molecule has 0 bridgehead atoms. The van der Waals surface area contributed by atoms with E-state index in [1.807, 2.05) is 0 Å². The monoisotopic (exact) mass is 474 g/mol. The third-order valence-electron chi connectivity index (χ3n) is 5.63. The minimum atomic E-state index is -3.69. The second-order valence-corrected chi connectivity index (χ2v) is 9.95. The number of nitrogens with zero attached hydrogens (tertiary/aromatic N) is 3. The Hall–Kier alpha value is -3.11. The number of nitrogens with one attached hydrogen (secondary N) is 1. The fourth-order valence-corrected chi connectivity index (χ4v) is 5.38. The van der Waals surface area contributed by atoms with Crippen LogP contribution < -0.4 is 5.32 Å². The molecule has 7 nitrogen and oxygen atoms in total. The van der Waals surface area contributed by atoms with Crippen molar-refractivity contribution < 1.29 is 22.0 Å². The van der Waals surface area contributed by atoms with Gasteiger partial charge in [0.25, 0.3) is 5.91 Å². The van der Waals surface area contributed by atoms with Gasteiger partial charge < -0.3 is 5.32 Å². The van der Waals surface area contributed by atoms with Crippen molar-refractivity contribution in [2.75, 3.05) is 18.4 Å². The highest BCUT2D eigenvalue weighted by molar-refractivity contribution is 7.89. The number of aryl methyl sites for hydroxylation is 1. The van der Waals surface area contributed by atoms with E-state index in [4.69, 9.17) is 0 Å². The van der Waals surface area contributed by atoms with Crippen LogP contribution in [0.4, 0.5) is 14.6 Å². The molecule has 1 aliphatic rings. The summed E-state index contributed by atoms with van der Waals surface area (Å²) in [5, 5.41) is 6.88. The highest BCUT2D eigenvalue weighted by atomic mass is 32.2. The van der Waals surface area contributed by atoms with Gasteiger partial charge in [-0.1, -0.05) is 12.5 Å². The minimum Gasteiger partial charge on any atom is -0.307 e. The standard InChI is InChI=1S/C23H24F2N4O3S/c1-16-14-26-29(15-18-12-19(24)8-9-21(18)25)22(16)27-23(30)17-6-5-7-20(13-17)33(31,32)28-10-3-2-4-11-28/h5-9,12-14H,2-4,10-11,15H2,1H3,(H,27,30). The van der Waals surface area contributed by atoms with E-state index in [-0.39, 0.29) is 22.6 Å². The van der Waals surface area contributed by atoms with Gasteiger partial charge in [0.1, 0.15) is 17.5 Å². The van der Waals surface area contributed by atoms with Gasteiger partial charge in [0.05, 0.1) is 17.6 Å². The Bertz CT molecular complexity index is 1280. The van der Waals surface area contributed by atoms with Crippen LogP contribution in [0.25, 0.3) is 0 Å². The first-order valence-corrected chi connectivity index (χ1v) is 12.1. The molecular formula is C23H24F2N4O3S. The van der Waals surface area contributed by atoms with Gasteiger partial charge in [-0.2, -0.15) is 9.40 Å². The van der Waals surface area contributed by atoms with Crippen LogP contribution in [0.3, 0.4) is 0 Å². The normalized spacial score (nSPS) is 14.9. The van der Waals surface area contributed by atoms with Gasteiger partial charge in [0.2, 0.25) is 10.0 Å². The summed E-state index contributed by atoms with van der Waals surface area (Å²) in [4.78, 5) is 13.0. The van der Waals surface area contributed by atoms with E-state index < -0.39 is 27.6 Å². The lowest BCUT2D eigenvalue weighted by Crippen LogP contribution is -2.35. The average molecular weight is 475 g/mol. The fourth-order valence-electron chi connectivity index (χ4n) is 3.82. The summed E-state index contributed by atoms with van der Waals surface area (Å²) in [7, 11) is -3.69. The molecule has 0 atom stereocenters. The summed E-state index contributed by atoms with van der Waals surface area (Å²) < 4.78 is 56.3. The van der Waals surface area contributed by atoms with Crippen LogP contribution in [0.2, 0.25) is 0 Å². The first-order chi connectivity index (χ1) is 15.8. The number of rotatable bonds is 6. The molecule has 1 aromatic heterocycles. The van der Waals surface area contributed by atoms with Crippen LogP contribution in [0, 0.1) is 18.6 Å². The third kappa shape index (κ3) is 4.96. The maximum atomic E-state index is 14.1. The van der Waals surface area contributed by atoms with Crippen molar-refractivity contribution in [3.63, 3.8) is 0 Å². The smallest absolute Gasteiger partial charge is 0.256 e. The molecule has 1 saturated heterocycles. The molecule has 0 spiro atoms. The SMILES string of the molecule is Cc1cnn(Cc2cc(F)ccc2F)c1NC(=O)c1cccc(S(=O)(=O)N2CCCCC2)c1. The van der Waals surface area contributed by atoms with Crippen molar-refractivity contribution in [1.29, 1.82) is 0 Å². The van der Waals surface area contributed by atoms with E-state index in [0.29, 0.717) is 24.5 Å².